The summed E-state index contributed by atoms with van der Waals surface area (Å²) in [6, 6.07) is 9.68. The lowest BCUT2D eigenvalue weighted by Gasteiger charge is -2.11. The van der Waals surface area contributed by atoms with Crippen molar-refractivity contribution in [1.82, 2.24) is 25.2 Å². The van der Waals surface area contributed by atoms with E-state index in [4.69, 9.17) is 9.15 Å². The summed E-state index contributed by atoms with van der Waals surface area (Å²) in [5.74, 6) is 2.62. The van der Waals surface area contributed by atoms with E-state index in [-0.39, 0.29) is 24.0 Å². The molecule has 2 N–H and O–H groups in total. The number of hydrogen-bond donors (Lipinski definition) is 2. The number of fused-ring (bicyclic) bond motifs is 1. The minimum atomic E-state index is 0. The van der Waals surface area contributed by atoms with Gasteiger partial charge in [-0.2, -0.15) is 0 Å². The van der Waals surface area contributed by atoms with Crippen LogP contribution in [0.3, 0.4) is 0 Å². The summed E-state index contributed by atoms with van der Waals surface area (Å²) >= 11 is 0. The second kappa shape index (κ2) is 12.3. The Morgan fingerprint density at radius 3 is 2.79 bits per heavy atom. The summed E-state index contributed by atoms with van der Waals surface area (Å²) in [4.78, 5) is 4.24. The Kier molecular flexibility index (Phi) is 9.77. The maximum Gasteiger partial charge on any atom is 0.190 e. The number of halogens is 1. The number of aryl methyl sites for hydroxylation is 1. The third-order valence-corrected chi connectivity index (χ3v) is 4.06. The van der Waals surface area contributed by atoms with Crippen LogP contribution in [0.15, 0.2) is 52.2 Å². The number of guanidine groups is 1. The van der Waals surface area contributed by atoms with E-state index >= 15 is 0 Å². The normalized spacial score (nSPS) is 11.4. The Morgan fingerprint density at radius 1 is 1.14 bits per heavy atom. The van der Waals surface area contributed by atoms with Gasteiger partial charge in [-0.25, -0.2) is 0 Å². The molecule has 0 aliphatic heterocycles. The van der Waals surface area contributed by atoms with Crippen LogP contribution >= 0.6 is 24.0 Å². The molecule has 0 saturated heterocycles. The summed E-state index contributed by atoms with van der Waals surface area (Å²) in [5.41, 5.74) is 0.882. The highest BCUT2D eigenvalue weighted by molar-refractivity contribution is 14.0. The van der Waals surface area contributed by atoms with Crippen LogP contribution in [0.25, 0.3) is 5.65 Å². The van der Waals surface area contributed by atoms with E-state index < -0.39 is 0 Å². The summed E-state index contributed by atoms with van der Waals surface area (Å²) in [5, 5.41) is 15.0. The molecule has 3 heterocycles. The molecule has 3 aromatic rings. The van der Waals surface area contributed by atoms with E-state index in [9.17, 15) is 0 Å². The van der Waals surface area contributed by atoms with Gasteiger partial charge in [-0.1, -0.05) is 6.07 Å². The predicted octanol–water partition coefficient (Wildman–Crippen LogP) is 2.64. The van der Waals surface area contributed by atoms with Gasteiger partial charge in [0.25, 0.3) is 0 Å². The summed E-state index contributed by atoms with van der Waals surface area (Å²) < 4.78 is 12.8. The quantitative estimate of drug-likeness (QED) is 0.194. The second-order valence-corrected chi connectivity index (χ2v) is 6.06. The highest BCUT2D eigenvalue weighted by Gasteiger charge is 2.04. The van der Waals surface area contributed by atoms with Gasteiger partial charge >= 0.3 is 0 Å². The first-order valence-corrected chi connectivity index (χ1v) is 9.20. The molecule has 8 nitrogen and oxygen atoms in total. The number of ether oxygens (including phenoxy) is 1. The Labute approximate surface area is 181 Å². The van der Waals surface area contributed by atoms with Crippen LogP contribution in [-0.2, 0) is 17.8 Å². The van der Waals surface area contributed by atoms with Crippen LogP contribution in [0.5, 0.6) is 0 Å². The molecule has 0 bridgehead atoms. The Bertz CT molecular complexity index is 834. The van der Waals surface area contributed by atoms with Gasteiger partial charge in [-0.05, 0) is 37.1 Å². The zero-order valence-corrected chi connectivity index (χ0v) is 18.3. The predicted molar refractivity (Wildman–Crippen MR) is 119 cm³/mol. The number of nitrogens with one attached hydrogen (secondary N) is 2. The molecule has 0 spiro atoms. The molecule has 0 unspecified atom stereocenters. The third kappa shape index (κ3) is 6.79. The first-order valence-electron chi connectivity index (χ1n) is 9.20. The number of hydrogen-bond acceptors (Lipinski definition) is 5. The molecule has 3 aromatic heterocycles. The van der Waals surface area contributed by atoms with Crippen LogP contribution in [0.1, 0.15) is 24.4 Å². The van der Waals surface area contributed by atoms with Crippen LogP contribution in [0, 0.1) is 0 Å². The standard InChI is InChI=1S/C19H26N6O2.HI/c1-20-19(22-11-6-13-26-15-16-7-5-14-27-16)21-10-4-9-18-24-23-17-8-2-3-12-25(17)18;/h2-3,5,7-8,12,14H,4,6,9-11,13,15H2,1H3,(H2,20,21,22);1H. The topological polar surface area (TPSA) is 89.0 Å². The number of aliphatic imine (C=N–C) groups is 1. The molecular formula is C19H27IN6O2. The smallest absolute Gasteiger partial charge is 0.190 e. The largest absolute Gasteiger partial charge is 0.467 e. The second-order valence-electron chi connectivity index (χ2n) is 6.06. The van der Waals surface area contributed by atoms with Crippen molar-refractivity contribution in [3.8, 4) is 0 Å². The number of rotatable bonds is 10. The molecular weight excluding hydrogens is 471 g/mol. The van der Waals surface area contributed by atoms with Gasteiger partial charge in [0.2, 0.25) is 0 Å². The summed E-state index contributed by atoms with van der Waals surface area (Å²) in [6.45, 7) is 2.80. The third-order valence-electron chi connectivity index (χ3n) is 4.06. The summed E-state index contributed by atoms with van der Waals surface area (Å²) in [7, 11) is 1.77. The van der Waals surface area contributed by atoms with Crippen molar-refractivity contribution in [2.24, 2.45) is 4.99 Å². The number of nitrogens with zero attached hydrogens (tertiary/aromatic N) is 4. The highest BCUT2D eigenvalue weighted by atomic mass is 127. The molecule has 28 heavy (non-hydrogen) atoms. The SMILES string of the molecule is CN=C(NCCCOCc1ccco1)NCCCc1nnc2ccccn12.I. The van der Waals surface area contributed by atoms with Crippen molar-refractivity contribution in [3.63, 3.8) is 0 Å². The fourth-order valence-corrected chi connectivity index (χ4v) is 2.68. The number of pyridine rings is 1. The van der Waals surface area contributed by atoms with Gasteiger partial charge < -0.3 is 19.8 Å². The Hall–Kier alpha value is -2.14. The lowest BCUT2D eigenvalue weighted by atomic mass is 10.3. The number of furan rings is 1. The molecule has 3 rings (SSSR count). The summed E-state index contributed by atoms with van der Waals surface area (Å²) in [6.07, 6.45) is 6.35. The zero-order chi connectivity index (χ0) is 18.7. The highest BCUT2D eigenvalue weighted by Crippen LogP contribution is 2.04. The molecule has 9 heteroatoms. The molecule has 152 valence electrons. The van der Waals surface area contributed by atoms with Gasteiger partial charge in [-0.3, -0.25) is 9.39 Å². The van der Waals surface area contributed by atoms with Crippen molar-refractivity contribution in [2.45, 2.75) is 25.9 Å². The van der Waals surface area contributed by atoms with Crippen LogP contribution in [0.2, 0.25) is 0 Å². The van der Waals surface area contributed by atoms with Crippen molar-refractivity contribution < 1.29 is 9.15 Å². The Balaban J connectivity index is 0.00000280. The van der Waals surface area contributed by atoms with Crippen LogP contribution in [-0.4, -0.2) is 47.3 Å². The molecule has 0 aliphatic carbocycles. The average molecular weight is 498 g/mol. The van der Waals surface area contributed by atoms with Crippen molar-refractivity contribution >= 4 is 35.6 Å². The van der Waals surface area contributed by atoms with E-state index in [1.807, 2.05) is 40.9 Å². The van der Waals surface area contributed by atoms with Gasteiger partial charge in [0.05, 0.1) is 6.26 Å². The van der Waals surface area contributed by atoms with Crippen LogP contribution in [0.4, 0.5) is 0 Å². The van der Waals surface area contributed by atoms with Gasteiger partial charge in [0.15, 0.2) is 11.6 Å². The fourth-order valence-electron chi connectivity index (χ4n) is 2.68. The lowest BCUT2D eigenvalue weighted by Crippen LogP contribution is -2.38. The average Bonchev–Trinajstić information content (AvgIpc) is 3.36. The molecule has 0 saturated carbocycles. The van der Waals surface area contributed by atoms with E-state index in [1.54, 1.807) is 13.3 Å². The van der Waals surface area contributed by atoms with Crippen molar-refractivity contribution in [1.29, 1.82) is 0 Å². The minimum absolute atomic E-state index is 0. The van der Waals surface area contributed by atoms with Gasteiger partial charge in [0.1, 0.15) is 18.2 Å². The molecule has 0 aromatic carbocycles. The van der Waals surface area contributed by atoms with Gasteiger partial charge in [0, 0.05) is 39.4 Å². The molecule has 0 radical (unpaired) electrons. The molecule has 0 amide bonds. The lowest BCUT2D eigenvalue weighted by molar-refractivity contribution is 0.105. The van der Waals surface area contributed by atoms with Crippen molar-refractivity contribution in [3.05, 3.63) is 54.4 Å². The Morgan fingerprint density at radius 2 is 2.00 bits per heavy atom. The van der Waals surface area contributed by atoms with Crippen molar-refractivity contribution in [2.75, 3.05) is 26.7 Å². The molecule has 0 aliphatic rings. The van der Waals surface area contributed by atoms with E-state index in [2.05, 4.69) is 25.8 Å². The van der Waals surface area contributed by atoms with E-state index in [0.717, 1.165) is 55.5 Å². The number of aromatic nitrogens is 3. The molecule has 0 fully saturated rings. The zero-order valence-electron chi connectivity index (χ0n) is 16.0. The van der Waals surface area contributed by atoms with Gasteiger partial charge in [-0.15, -0.1) is 34.2 Å². The minimum Gasteiger partial charge on any atom is -0.467 e. The first-order chi connectivity index (χ1) is 13.4. The van der Waals surface area contributed by atoms with Crippen LogP contribution < -0.4 is 10.6 Å². The fraction of sp³-hybridized carbons (Fsp3) is 0.421. The first kappa shape index (κ1) is 22.2. The van der Waals surface area contributed by atoms with E-state index in [1.165, 1.54) is 0 Å². The molecule has 0 atom stereocenters. The maximum atomic E-state index is 5.56. The maximum absolute atomic E-state index is 5.56. The monoisotopic (exact) mass is 498 g/mol. The van der Waals surface area contributed by atoms with E-state index in [0.29, 0.717) is 13.2 Å².